The van der Waals surface area contributed by atoms with Crippen molar-refractivity contribution in [2.75, 3.05) is 13.1 Å². The number of carbonyl (C=O) groups is 3. The van der Waals surface area contributed by atoms with Gasteiger partial charge in [0.05, 0.1) is 12.6 Å². The van der Waals surface area contributed by atoms with Crippen molar-refractivity contribution in [1.29, 1.82) is 0 Å². The van der Waals surface area contributed by atoms with E-state index in [4.69, 9.17) is 5.73 Å². The number of nitrogens with two attached hydrogens (primary N) is 1. The van der Waals surface area contributed by atoms with Crippen LogP contribution in [-0.2, 0) is 22.7 Å². The maximum atomic E-state index is 13.7. The van der Waals surface area contributed by atoms with Crippen LogP contribution in [0, 0.1) is 0 Å². The predicted octanol–water partition coefficient (Wildman–Crippen LogP) is 0.226. The molecule has 2 atom stereocenters. The number of halogens is 2. The smallest absolute Gasteiger partial charge is 0.276 e. The Hall–Kier alpha value is -2.39. The Kier molecular flexibility index (Phi) is 4.23. The minimum Gasteiger partial charge on any atom is -0.322 e. The molecule has 144 valence electrons. The molecule has 1 aromatic carbocycles. The van der Waals surface area contributed by atoms with Gasteiger partial charge in [0.25, 0.3) is 11.8 Å². The monoisotopic (exact) mass is 378 g/mol. The van der Waals surface area contributed by atoms with Crippen LogP contribution >= 0.6 is 0 Å². The molecule has 2 fully saturated rings. The summed E-state index contributed by atoms with van der Waals surface area (Å²) in [6.07, 6.45) is 0.469. The molecule has 3 N–H and O–H groups in total. The Labute approximate surface area is 154 Å². The van der Waals surface area contributed by atoms with Crippen molar-refractivity contribution < 1.29 is 23.2 Å². The third kappa shape index (κ3) is 3.10. The van der Waals surface area contributed by atoms with Crippen LogP contribution in [-0.4, -0.2) is 58.6 Å². The maximum Gasteiger partial charge on any atom is 0.276 e. The molecular formula is C18H20F2N4O3. The van der Waals surface area contributed by atoms with Gasteiger partial charge >= 0.3 is 0 Å². The number of likely N-dealkylation sites (tertiary alicyclic amines) is 1. The van der Waals surface area contributed by atoms with Gasteiger partial charge in [-0.1, -0.05) is 18.2 Å². The number of alkyl halides is 2. The fourth-order valence-electron chi connectivity index (χ4n) is 4.07. The van der Waals surface area contributed by atoms with Crippen molar-refractivity contribution in [2.24, 2.45) is 5.73 Å². The van der Waals surface area contributed by atoms with Gasteiger partial charge in [-0.25, -0.2) is 8.78 Å². The first kappa shape index (κ1) is 18.0. The second-order valence-corrected chi connectivity index (χ2v) is 7.39. The first-order valence-electron chi connectivity index (χ1n) is 8.87. The molecule has 27 heavy (non-hydrogen) atoms. The normalized spacial score (nSPS) is 27.8. The van der Waals surface area contributed by atoms with Crippen LogP contribution in [0.4, 0.5) is 8.78 Å². The first-order valence-corrected chi connectivity index (χ1v) is 8.87. The molecule has 0 bridgehead atoms. The van der Waals surface area contributed by atoms with E-state index in [-0.39, 0.29) is 44.3 Å². The van der Waals surface area contributed by atoms with Crippen molar-refractivity contribution in [2.45, 2.75) is 43.9 Å². The van der Waals surface area contributed by atoms with E-state index in [0.717, 1.165) is 5.56 Å². The molecule has 0 aliphatic carbocycles. The molecule has 3 aliphatic rings. The lowest BCUT2D eigenvalue weighted by molar-refractivity contribution is -0.136. The van der Waals surface area contributed by atoms with Gasteiger partial charge in [-0.05, 0) is 17.5 Å². The van der Waals surface area contributed by atoms with E-state index >= 15 is 0 Å². The number of imide groups is 1. The summed E-state index contributed by atoms with van der Waals surface area (Å²) in [5.74, 6) is -4.06. The van der Waals surface area contributed by atoms with E-state index in [0.29, 0.717) is 11.1 Å². The predicted molar refractivity (Wildman–Crippen MR) is 90.7 cm³/mol. The highest BCUT2D eigenvalue weighted by Gasteiger charge is 2.46. The molecule has 0 radical (unpaired) electrons. The lowest BCUT2D eigenvalue weighted by atomic mass is 10.0. The number of piperidine rings is 1. The molecule has 3 aliphatic heterocycles. The Morgan fingerprint density at radius 3 is 2.70 bits per heavy atom. The van der Waals surface area contributed by atoms with Crippen molar-refractivity contribution in [3.8, 4) is 0 Å². The van der Waals surface area contributed by atoms with E-state index in [1.807, 2.05) is 0 Å². The molecule has 0 spiro atoms. The molecular weight excluding hydrogens is 358 g/mol. The van der Waals surface area contributed by atoms with E-state index in [1.54, 1.807) is 23.1 Å². The quantitative estimate of drug-likeness (QED) is 0.734. The number of rotatable bonds is 3. The molecule has 1 aromatic rings. The molecule has 2 saturated heterocycles. The standard InChI is InChI=1S/C18H20F2N4O3/c19-18(20)9-23(8-13(18)21)6-10-2-1-3-11-7-24(17(27)15(10)11)12-4-5-14(25)22-16(12)26/h1-3,12-13H,4-9,21H2,(H,22,25,26). The Morgan fingerprint density at radius 1 is 1.26 bits per heavy atom. The highest BCUT2D eigenvalue weighted by atomic mass is 19.3. The molecule has 9 heteroatoms. The molecule has 3 amide bonds. The lowest BCUT2D eigenvalue weighted by Crippen LogP contribution is -2.52. The van der Waals surface area contributed by atoms with Crippen LogP contribution in [0.5, 0.6) is 0 Å². The van der Waals surface area contributed by atoms with Crippen LogP contribution in [0.15, 0.2) is 18.2 Å². The third-order valence-electron chi connectivity index (χ3n) is 5.46. The number of nitrogens with zero attached hydrogens (tertiary/aromatic N) is 2. The number of amides is 3. The minimum absolute atomic E-state index is 0.0573. The van der Waals surface area contributed by atoms with Gasteiger partial charge in [0.15, 0.2) is 0 Å². The zero-order chi connectivity index (χ0) is 19.3. The zero-order valence-corrected chi connectivity index (χ0v) is 14.6. The topological polar surface area (TPSA) is 95.7 Å². The number of hydrogen-bond acceptors (Lipinski definition) is 5. The highest BCUT2D eigenvalue weighted by molar-refractivity contribution is 6.05. The zero-order valence-electron chi connectivity index (χ0n) is 14.6. The largest absolute Gasteiger partial charge is 0.322 e. The summed E-state index contributed by atoms with van der Waals surface area (Å²) in [6, 6.07) is 3.41. The second-order valence-electron chi connectivity index (χ2n) is 7.39. The Morgan fingerprint density at radius 2 is 2.04 bits per heavy atom. The fourth-order valence-corrected chi connectivity index (χ4v) is 4.07. The summed E-state index contributed by atoms with van der Waals surface area (Å²) < 4.78 is 27.4. The van der Waals surface area contributed by atoms with E-state index in [2.05, 4.69) is 5.32 Å². The number of benzene rings is 1. The maximum absolute atomic E-state index is 13.7. The summed E-state index contributed by atoms with van der Waals surface area (Å²) in [7, 11) is 0. The average molecular weight is 378 g/mol. The van der Waals surface area contributed by atoms with E-state index < -0.39 is 30.5 Å². The van der Waals surface area contributed by atoms with E-state index in [1.165, 1.54) is 4.90 Å². The van der Waals surface area contributed by atoms with E-state index in [9.17, 15) is 23.2 Å². The van der Waals surface area contributed by atoms with Crippen LogP contribution < -0.4 is 11.1 Å². The van der Waals surface area contributed by atoms with Crippen molar-refractivity contribution in [3.63, 3.8) is 0 Å². The fraction of sp³-hybridized carbons (Fsp3) is 0.500. The van der Waals surface area contributed by atoms with Crippen molar-refractivity contribution >= 4 is 17.7 Å². The third-order valence-corrected chi connectivity index (χ3v) is 5.46. The summed E-state index contributed by atoms with van der Waals surface area (Å²) >= 11 is 0. The molecule has 3 heterocycles. The van der Waals surface area contributed by atoms with Crippen molar-refractivity contribution in [3.05, 3.63) is 34.9 Å². The second kappa shape index (κ2) is 6.35. The van der Waals surface area contributed by atoms with Gasteiger partial charge < -0.3 is 10.6 Å². The van der Waals surface area contributed by atoms with Gasteiger partial charge in [0.2, 0.25) is 11.8 Å². The van der Waals surface area contributed by atoms with Gasteiger partial charge in [0.1, 0.15) is 6.04 Å². The number of carbonyl (C=O) groups excluding carboxylic acids is 3. The SMILES string of the molecule is NC1CN(Cc2cccc3c2C(=O)N(C2CCC(=O)NC2=O)C3)CC1(F)F. The summed E-state index contributed by atoms with van der Waals surface area (Å²) in [5, 5.41) is 2.26. The Balaban J connectivity index is 1.55. The van der Waals surface area contributed by atoms with Crippen LogP contribution in [0.1, 0.15) is 34.3 Å². The summed E-state index contributed by atoms with van der Waals surface area (Å²) in [6.45, 7) is 0.0793. The van der Waals surface area contributed by atoms with Gasteiger partial charge in [-0.3, -0.25) is 24.6 Å². The van der Waals surface area contributed by atoms with Crippen LogP contribution in [0.2, 0.25) is 0 Å². The highest BCUT2D eigenvalue weighted by Crippen LogP contribution is 2.32. The molecule has 0 aromatic heterocycles. The minimum atomic E-state index is -2.94. The molecule has 2 unspecified atom stereocenters. The van der Waals surface area contributed by atoms with Gasteiger partial charge in [-0.15, -0.1) is 0 Å². The van der Waals surface area contributed by atoms with Crippen LogP contribution in [0.25, 0.3) is 0 Å². The average Bonchev–Trinajstić information content (AvgIpc) is 3.04. The summed E-state index contributed by atoms with van der Waals surface area (Å²) in [5.41, 5.74) is 7.38. The number of fused-ring (bicyclic) bond motifs is 1. The summed E-state index contributed by atoms with van der Waals surface area (Å²) in [4.78, 5) is 39.5. The number of hydrogen-bond donors (Lipinski definition) is 2. The number of nitrogens with one attached hydrogen (secondary N) is 1. The lowest BCUT2D eigenvalue weighted by Gasteiger charge is -2.29. The first-order chi connectivity index (χ1) is 12.8. The van der Waals surface area contributed by atoms with Gasteiger partial charge in [0, 0.05) is 31.6 Å². The molecule has 7 nitrogen and oxygen atoms in total. The van der Waals surface area contributed by atoms with Crippen molar-refractivity contribution in [1.82, 2.24) is 15.1 Å². The molecule has 0 saturated carbocycles. The van der Waals surface area contributed by atoms with Crippen LogP contribution in [0.3, 0.4) is 0 Å². The Bertz CT molecular complexity index is 829. The van der Waals surface area contributed by atoms with Gasteiger partial charge in [-0.2, -0.15) is 0 Å². The molecule has 4 rings (SSSR count).